The van der Waals surface area contributed by atoms with E-state index in [0.717, 1.165) is 16.8 Å². The molecule has 1 atom stereocenters. The summed E-state index contributed by atoms with van der Waals surface area (Å²) >= 11 is 4.91. The largest absolute Gasteiger partial charge is 0.497 e. The molecular weight excluding hydrogens is 550 g/mol. The van der Waals surface area contributed by atoms with Crippen LogP contribution < -0.4 is 14.9 Å². The van der Waals surface area contributed by atoms with E-state index in [9.17, 15) is 14.4 Å². The van der Waals surface area contributed by atoms with Crippen LogP contribution in [0.3, 0.4) is 0 Å². The summed E-state index contributed by atoms with van der Waals surface area (Å²) in [5, 5.41) is 1.64. The number of thioether (sulfide) groups is 1. The van der Waals surface area contributed by atoms with Gasteiger partial charge < -0.3 is 18.8 Å². The number of nitrogens with one attached hydrogen (secondary N) is 1. The second kappa shape index (κ2) is 10.8. The van der Waals surface area contributed by atoms with Gasteiger partial charge in [0, 0.05) is 18.1 Å². The third-order valence-corrected chi connectivity index (χ3v) is 7.73. The second-order valence-corrected chi connectivity index (χ2v) is 9.99. The van der Waals surface area contributed by atoms with Gasteiger partial charge in [-0.15, -0.1) is 11.8 Å². The molecule has 9 nitrogen and oxygen atoms in total. The van der Waals surface area contributed by atoms with Crippen LogP contribution in [-0.2, 0) is 21.4 Å². The second-order valence-electron chi connectivity index (χ2n) is 8.06. The molecule has 1 aliphatic rings. The monoisotopic (exact) mass is 575 g/mol. The fourth-order valence-corrected chi connectivity index (χ4v) is 5.56. The normalized spacial score (nSPS) is 15.3. The van der Waals surface area contributed by atoms with Gasteiger partial charge in [-0.05, 0) is 59.6 Å². The summed E-state index contributed by atoms with van der Waals surface area (Å²) in [6, 6.07) is 10.9. The number of methoxy groups -OCH3 is 1. The number of hydrogen-bond donors (Lipinski definition) is 1. The number of fused-ring (bicyclic) bond motifs is 1. The Bertz CT molecular complexity index is 1320. The zero-order valence-corrected chi connectivity index (χ0v) is 22.7. The van der Waals surface area contributed by atoms with Crippen molar-refractivity contribution in [1.82, 2.24) is 15.0 Å². The van der Waals surface area contributed by atoms with Crippen LogP contribution in [0, 0.1) is 6.92 Å². The molecule has 0 saturated carbocycles. The van der Waals surface area contributed by atoms with E-state index in [-0.39, 0.29) is 30.2 Å². The zero-order valence-electron chi connectivity index (χ0n) is 20.3. The van der Waals surface area contributed by atoms with Gasteiger partial charge in [0.1, 0.15) is 16.9 Å². The Morgan fingerprint density at radius 2 is 1.94 bits per heavy atom. The van der Waals surface area contributed by atoms with Crippen molar-refractivity contribution in [3.63, 3.8) is 0 Å². The maximum atomic E-state index is 12.7. The predicted molar refractivity (Wildman–Crippen MR) is 140 cm³/mol. The number of hydrogen-bond acceptors (Lipinski definition) is 7. The fourth-order valence-electron chi connectivity index (χ4n) is 4.01. The third kappa shape index (κ3) is 5.03. The lowest BCUT2D eigenvalue weighted by molar-refractivity contribution is -0.140. The minimum Gasteiger partial charge on any atom is -0.497 e. The summed E-state index contributed by atoms with van der Waals surface area (Å²) < 4.78 is 18.7. The van der Waals surface area contributed by atoms with E-state index in [4.69, 9.17) is 14.2 Å². The highest BCUT2D eigenvalue weighted by Gasteiger charge is 2.34. The van der Waals surface area contributed by atoms with E-state index >= 15 is 0 Å². The van der Waals surface area contributed by atoms with Gasteiger partial charge in [0.2, 0.25) is 0 Å². The molecule has 0 bridgehead atoms. The van der Waals surface area contributed by atoms with Crippen molar-refractivity contribution in [3.8, 4) is 11.5 Å². The highest BCUT2D eigenvalue weighted by molar-refractivity contribution is 9.10. The van der Waals surface area contributed by atoms with E-state index < -0.39 is 11.9 Å². The van der Waals surface area contributed by atoms with E-state index in [0.29, 0.717) is 26.9 Å². The molecule has 0 aliphatic carbocycles. The number of benzene rings is 2. The van der Waals surface area contributed by atoms with Crippen molar-refractivity contribution >= 4 is 56.4 Å². The molecule has 11 heteroatoms. The summed E-state index contributed by atoms with van der Waals surface area (Å²) in [6.07, 6.45) is 0. The molecule has 1 aromatic heterocycles. The van der Waals surface area contributed by atoms with Gasteiger partial charge in [-0.1, -0.05) is 12.1 Å². The van der Waals surface area contributed by atoms with Crippen LogP contribution in [0.25, 0.3) is 10.9 Å². The number of nitrogens with zero attached hydrogens (tertiary/aromatic N) is 2. The number of carbonyl (C=O) groups is 3. The summed E-state index contributed by atoms with van der Waals surface area (Å²) in [6.45, 7) is 3.54. The van der Waals surface area contributed by atoms with Crippen LogP contribution in [0.15, 0.2) is 40.9 Å². The van der Waals surface area contributed by atoms with E-state index in [2.05, 4.69) is 21.4 Å². The van der Waals surface area contributed by atoms with E-state index in [1.165, 1.54) is 16.8 Å². The Hall–Kier alpha value is -3.18. The summed E-state index contributed by atoms with van der Waals surface area (Å²) in [4.78, 5) is 37.8. The molecule has 1 saturated heterocycles. The number of aromatic nitrogens is 1. The first kappa shape index (κ1) is 25.9. The predicted octanol–water partition coefficient (Wildman–Crippen LogP) is 4.12. The van der Waals surface area contributed by atoms with Gasteiger partial charge in [-0.2, -0.15) is 0 Å². The number of rotatable bonds is 8. The average Bonchev–Trinajstić information content (AvgIpc) is 3.34. The molecule has 36 heavy (non-hydrogen) atoms. The number of esters is 1. The standard InChI is InChI=1S/C25H26BrN3O6S/c1-5-34-25(32)23-14(2)28(3)19-11-18(26)20(10-17(19)23)35-12-21(30)27-29-22(31)13-36-24(29)15-6-8-16(33-4)9-7-15/h6-11,24H,5,12-13H2,1-4H3,(H,27,30)/t24-/m0/s1. The van der Waals surface area contributed by atoms with Crippen LogP contribution in [0.5, 0.6) is 11.5 Å². The maximum Gasteiger partial charge on any atom is 0.340 e. The Labute approximate surface area is 221 Å². The highest BCUT2D eigenvalue weighted by Crippen LogP contribution is 2.38. The van der Waals surface area contributed by atoms with Crippen molar-refractivity contribution in [2.75, 3.05) is 26.1 Å². The molecule has 2 aromatic carbocycles. The molecule has 2 amide bonds. The smallest absolute Gasteiger partial charge is 0.340 e. The van der Waals surface area contributed by atoms with Crippen LogP contribution in [-0.4, -0.2) is 53.4 Å². The Kier molecular flexibility index (Phi) is 7.79. The lowest BCUT2D eigenvalue weighted by Gasteiger charge is -2.24. The number of halogens is 1. The topological polar surface area (TPSA) is 99.1 Å². The average molecular weight is 576 g/mol. The first-order chi connectivity index (χ1) is 17.2. The SMILES string of the molecule is CCOC(=O)c1c(C)n(C)c2cc(Br)c(OCC(=O)NN3C(=O)CS[C@H]3c3ccc(OC)cc3)cc12. The zero-order chi connectivity index (χ0) is 26.0. The molecule has 4 rings (SSSR count). The molecule has 190 valence electrons. The van der Waals surface area contributed by atoms with Crippen LogP contribution >= 0.6 is 27.7 Å². The van der Waals surface area contributed by atoms with E-state index in [1.807, 2.05) is 48.9 Å². The van der Waals surface area contributed by atoms with Gasteiger partial charge in [0.25, 0.3) is 11.8 Å². The summed E-state index contributed by atoms with van der Waals surface area (Å²) in [7, 11) is 3.45. The van der Waals surface area contributed by atoms with E-state index in [1.54, 1.807) is 20.1 Å². The van der Waals surface area contributed by atoms with Crippen molar-refractivity contribution in [2.45, 2.75) is 19.2 Å². The van der Waals surface area contributed by atoms with Gasteiger partial charge in [0.15, 0.2) is 6.61 Å². The number of hydrazine groups is 1. The van der Waals surface area contributed by atoms with Gasteiger partial charge in [-0.25, -0.2) is 9.80 Å². The lowest BCUT2D eigenvalue weighted by atomic mass is 10.1. The van der Waals surface area contributed by atoms with Crippen LogP contribution in [0.2, 0.25) is 0 Å². The van der Waals surface area contributed by atoms with Crippen molar-refractivity contribution in [1.29, 1.82) is 0 Å². The molecule has 1 aliphatic heterocycles. The molecule has 0 unspecified atom stereocenters. The number of carbonyl (C=O) groups excluding carboxylic acids is 3. The fraction of sp³-hybridized carbons (Fsp3) is 0.320. The highest BCUT2D eigenvalue weighted by atomic mass is 79.9. The number of ether oxygens (including phenoxy) is 3. The molecule has 0 spiro atoms. The molecule has 3 aromatic rings. The Balaban J connectivity index is 1.49. The van der Waals surface area contributed by atoms with Gasteiger partial charge in [-0.3, -0.25) is 15.0 Å². The molecule has 0 radical (unpaired) electrons. The van der Waals surface area contributed by atoms with Crippen molar-refractivity contribution in [3.05, 3.63) is 57.7 Å². The Morgan fingerprint density at radius 3 is 2.61 bits per heavy atom. The Morgan fingerprint density at radius 1 is 1.22 bits per heavy atom. The van der Waals surface area contributed by atoms with Gasteiger partial charge in [0.05, 0.1) is 35.0 Å². The quantitative estimate of drug-likeness (QED) is 0.403. The minimum absolute atomic E-state index is 0.199. The first-order valence-corrected chi connectivity index (χ1v) is 13.0. The van der Waals surface area contributed by atoms with Crippen LogP contribution in [0.1, 0.15) is 33.9 Å². The maximum absolute atomic E-state index is 12.7. The van der Waals surface area contributed by atoms with Crippen molar-refractivity contribution < 1.29 is 28.6 Å². The van der Waals surface area contributed by atoms with Crippen LogP contribution in [0.4, 0.5) is 0 Å². The summed E-state index contributed by atoms with van der Waals surface area (Å²) in [5.74, 6) is 0.259. The molecule has 1 fully saturated rings. The lowest BCUT2D eigenvalue weighted by Crippen LogP contribution is -2.46. The first-order valence-electron chi connectivity index (χ1n) is 11.2. The van der Waals surface area contributed by atoms with Crippen molar-refractivity contribution in [2.24, 2.45) is 7.05 Å². The molecule has 1 N–H and O–H groups in total. The molecule has 2 heterocycles. The summed E-state index contributed by atoms with van der Waals surface area (Å²) in [5.41, 5.74) is 5.58. The van der Waals surface area contributed by atoms with Gasteiger partial charge >= 0.3 is 5.97 Å². The number of amides is 2. The molecular formula is C25H26BrN3O6S. The minimum atomic E-state index is -0.480. The number of aryl methyl sites for hydroxylation is 1. The third-order valence-electron chi connectivity index (χ3n) is 5.90.